The summed E-state index contributed by atoms with van der Waals surface area (Å²) in [6.45, 7) is 1.79. The SMILES string of the molecule is CN1C(=O)[C@H]2CC1CN2C[C@H](N)C(=O)N1CCC[C@H]1C#N. The number of nitriles is 1. The summed E-state index contributed by atoms with van der Waals surface area (Å²) < 4.78 is 0. The summed E-state index contributed by atoms with van der Waals surface area (Å²) in [6.07, 6.45) is 2.42. The van der Waals surface area contributed by atoms with E-state index >= 15 is 0 Å². The number of rotatable bonds is 3. The molecule has 0 aliphatic carbocycles. The van der Waals surface area contributed by atoms with Gasteiger partial charge in [-0.05, 0) is 19.3 Å². The van der Waals surface area contributed by atoms with E-state index in [1.807, 2.05) is 11.9 Å². The number of piperazine rings is 1. The lowest BCUT2D eigenvalue weighted by atomic mass is 10.2. The molecular formula is C14H21N5O2. The number of nitrogens with two attached hydrogens (primary N) is 1. The molecule has 3 aliphatic rings. The van der Waals surface area contributed by atoms with Crippen LogP contribution in [0.15, 0.2) is 0 Å². The van der Waals surface area contributed by atoms with Gasteiger partial charge in [0.1, 0.15) is 6.04 Å². The fraction of sp³-hybridized carbons (Fsp3) is 0.786. The van der Waals surface area contributed by atoms with Crippen LogP contribution in [0.4, 0.5) is 0 Å². The zero-order chi connectivity index (χ0) is 15.1. The lowest BCUT2D eigenvalue weighted by Crippen LogP contribution is -2.55. The fourth-order valence-electron chi connectivity index (χ4n) is 3.74. The molecule has 1 unspecified atom stereocenters. The van der Waals surface area contributed by atoms with Crippen LogP contribution in [-0.2, 0) is 9.59 Å². The van der Waals surface area contributed by atoms with E-state index < -0.39 is 6.04 Å². The first-order valence-corrected chi connectivity index (χ1v) is 7.49. The van der Waals surface area contributed by atoms with Crippen LogP contribution in [0.5, 0.6) is 0 Å². The number of nitrogens with zero attached hydrogens (tertiary/aromatic N) is 4. The summed E-state index contributed by atoms with van der Waals surface area (Å²) in [6, 6.07) is 1.29. The molecule has 0 saturated carbocycles. The normalized spacial score (nSPS) is 33.6. The second-order valence-corrected chi connectivity index (χ2v) is 6.23. The van der Waals surface area contributed by atoms with Gasteiger partial charge in [-0.3, -0.25) is 14.5 Å². The number of fused-ring (bicyclic) bond motifs is 2. The van der Waals surface area contributed by atoms with E-state index in [1.54, 1.807) is 9.80 Å². The van der Waals surface area contributed by atoms with E-state index in [-0.39, 0.29) is 29.9 Å². The molecule has 7 heteroatoms. The molecule has 3 fully saturated rings. The Morgan fingerprint density at radius 3 is 2.95 bits per heavy atom. The van der Waals surface area contributed by atoms with Gasteiger partial charge in [-0.1, -0.05) is 0 Å². The topological polar surface area (TPSA) is 93.7 Å². The van der Waals surface area contributed by atoms with Crippen LogP contribution in [0.25, 0.3) is 0 Å². The van der Waals surface area contributed by atoms with Crippen LogP contribution in [0.2, 0.25) is 0 Å². The summed E-state index contributed by atoms with van der Waals surface area (Å²) in [4.78, 5) is 29.8. The molecule has 3 rings (SSSR count). The zero-order valence-electron chi connectivity index (χ0n) is 12.2. The van der Waals surface area contributed by atoms with Crippen molar-refractivity contribution in [1.82, 2.24) is 14.7 Å². The molecule has 3 heterocycles. The largest absolute Gasteiger partial charge is 0.340 e. The van der Waals surface area contributed by atoms with Gasteiger partial charge < -0.3 is 15.5 Å². The predicted octanol–water partition coefficient (Wildman–Crippen LogP) is -1.26. The predicted molar refractivity (Wildman–Crippen MR) is 74.9 cm³/mol. The van der Waals surface area contributed by atoms with Crippen LogP contribution < -0.4 is 5.73 Å². The number of hydrogen-bond acceptors (Lipinski definition) is 5. The van der Waals surface area contributed by atoms with Crippen molar-refractivity contribution in [3.63, 3.8) is 0 Å². The van der Waals surface area contributed by atoms with Crippen molar-refractivity contribution in [3.8, 4) is 6.07 Å². The van der Waals surface area contributed by atoms with Gasteiger partial charge in [0.25, 0.3) is 0 Å². The molecule has 21 heavy (non-hydrogen) atoms. The molecule has 0 aromatic carbocycles. The summed E-state index contributed by atoms with van der Waals surface area (Å²) in [7, 11) is 1.83. The van der Waals surface area contributed by atoms with Crippen molar-refractivity contribution in [2.75, 3.05) is 26.7 Å². The van der Waals surface area contributed by atoms with Crippen molar-refractivity contribution in [1.29, 1.82) is 5.26 Å². The molecule has 2 amide bonds. The monoisotopic (exact) mass is 291 g/mol. The van der Waals surface area contributed by atoms with Crippen LogP contribution >= 0.6 is 0 Å². The van der Waals surface area contributed by atoms with Crippen LogP contribution in [-0.4, -0.2) is 77.4 Å². The minimum Gasteiger partial charge on any atom is -0.340 e. The van der Waals surface area contributed by atoms with Gasteiger partial charge in [-0.25, -0.2) is 0 Å². The van der Waals surface area contributed by atoms with Crippen molar-refractivity contribution in [2.24, 2.45) is 5.73 Å². The summed E-state index contributed by atoms with van der Waals surface area (Å²) in [5.41, 5.74) is 6.04. The second-order valence-electron chi connectivity index (χ2n) is 6.23. The minimum atomic E-state index is -0.656. The molecular weight excluding hydrogens is 270 g/mol. The Kier molecular flexibility index (Phi) is 3.59. The third-order valence-electron chi connectivity index (χ3n) is 5.00. The molecule has 0 aromatic heterocycles. The Morgan fingerprint density at radius 2 is 2.33 bits per heavy atom. The number of carbonyl (C=O) groups is 2. The number of amides is 2. The van der Waals surface area contributed by atoms with Crippen molar-refractivity contribution < 1.29 is 9.59 Å². The number of likely N-dealkylation sites (tertiary alicyclic amines) is 3. The average Bonchev–Trinajstić information content (AvgIpc) is 3.15. The molecule has 7 nitrogen and oxygen atoms in total. The minimum absolute atomic E-state index is 0.121. The molecule has 3 aliphatic heterocycles. The van der Waals surface area contributed by atoms with Crippen LogP contribution in [0, 0.1) is 11.3 Å². The van der Waals surface area contributed by atoms with Crippen LogP contribution in [0.1, 0.15) is 19.3 Å². The standard InChI is InChI=1S/C14H21N5O2/c1-17-10-5-12(14(17)21)18(7-10)8-11(16)13(20)19-4-2-3-9(19)6-15/h9-12H,2-5,7-8,16H2,1H3/t9-,10?,11-,12+/m0/s1. The van der Waals surface area contributed by atoms with Gasteiger partial charge in [0.05, 0.1) is 18.2 Å². The lowest BCUT2D eigenvalue weighted by molar-refractivity contribution is -0.138. The quantitative estimate of drug-likeness (QED) is 0.701. The first-order chi connectivity index (χ1) is 10.0. The maximum absolute atomic E-state index is 12.4. The number of likely N-dealkylation sites (N-methyl/N-ethyl adjacent to an activating group) is 1. The molecule has 0 spiro atoms. The van der Waals surface area contributed by atoms with Crippen LogP contribution in [0.3, 0.4) is 0 Å². The summed E-state index contributed by atoms with van der Waals surface area (Å²) in [5.74, 6) is -0.0374. The Balaban J connectivity index is 1.60. The highest BCUT2D eigenvalue weighted by Gasteiger charge is 2.48. The third-order valence-corrected chi connectivity index (χ3v) is 5.00. The van der Waals surface area contributed by atoms with Gasteiger partial charge >= 0.3 is 0 Å². The molecule has 0 aromatic rings. The summed E-state index contributed by atoms with van der Waals surface area (Å²) >= 11 is 0. The molecule has 0 radical (unpaired) electrons. The fourth-order valence-corrected chi connectivity index (χ4v) is 3.74. The number of carbonyl (C=O) groups excluding carboxylic acids is 2. The Hall–Kier alpha value is -1.65. The average molecular weight is 291 g/mol. The van der Waals surface area contributed by atoms with E-state index in [0.717, 1.165) is 25.8 Å². The van der Waals surface area contributed by atoms with E-state index in [2.05, 4.69) is 6.07 Å². The highest BCUT2D eigenvalue weighted by molar-refractivity contribution is 5.86. The zero-order valence-corrected chi connectivity index (χ0v) is 12.2. The van der Waals surface area contributed by atoms with Gasteiger partial charge in [-0.2, -0.15) is 5.26 Å². The second kappa shape index (κ2) is 5.28. The van der Waals surface area contributed by atoms with Gasteiger partial charge in [-0.15, -0.1) is 0 Å². The van der Waals surface area contributed by atoms with E-state index in [1.165, 1.54) is 0 Å². The Morgan fingerprint density at radius 1 is 1.57 bits per heavy atom. The maximum atomic E-state index is 12.4. The van der Waals surface area contributed by atoms with Crippen molar-refractivity contribution >= 4 is 11.8 Å². The molecule has 2 N–H and O–H groups in total. The summed E-state index contributed by atoms with van der Waals surface area (Å²) in [5, 5.41) is 9.06. The van der Waals surface area contributed by atoms with Crippen molar-refractivity contribution in [3.05, 3.63) is 0 Å². The molecule has 4 atom stereocenters. The lowest BCUT2D eigenvalue weighted by Gasteiger charge is -2.33. The highest BCUT2D eigenvalue weighted by atomic mass is 16.2. The Bertz CT molecular complexity index is 502. The molecule has 114 valence electrons. The van der Waals surface area contributed by atoms with Gasteiger partial charge in [0, 0.05) is 32.7 Å². The smallest absolute Gasteiger partial charge is 0.241 e. The van der Waals surface area contributed by atoms with Gasteiger partial charge in [0.2, 0.25) is 11.8 Å². The first-order valence-electron chi connectivity index (χ1n) is 7.49. The third kappa shape index (κ3) is 2.28. The first kappa shape index (κ1) is 14.3. The molecule has 3 saturated heterocycles. The Labute approximate surface area is 124 Å². The van der Waals surface area contributed by atoms with Gasteiger partial charge in [0.15, 0.2) is 0 Å². The van der Waals surface area contributed by atoms with E-state index in [9.17, 15) is 9.59 Å². The van der Waals surface area contributed by atoms with E-state index in [4.69, 9.17) is 11.0 Å². The van der Waals surface area contributed by atoms with Crippen molar-refractivity contribution in [2.45, 2.75) is 43.4 Å². The van der Waals surface area contributed by atoms with E-state index in [0.29, 0.717) is 13.1 Å². The maximum Gasteiger partial charge on any atom is 0.241 e. The molecule has 2 bridgehead atoms. The number of hydrogen-bond donors (Lipinski definition) is 1. The highest BCUT2D eigenvalue weighted by Crippen LogP contribution is 2.30.